The van der Waals surface area contributed by atoms with E-state index >= 15 is 0 Å². The monoisotopic (exact) mass is 272 g/mol. The van der Waals surface area contributed by atoms with Crippen LogP contribution < -0.4 is 0 Å². The third kappa shape index (κ3) is 2.33. The number of aromatic nitrogens is 4. The summed E-state index contributed by atoms with van der Waals surface area (Å²) >= 11 is 5.41. The minimum atomic E-state index is 0.796. The Hall–Kier alpha value is -1.88. The molecular formula is C14H16N4S. The van der Waals surface area contributed by atoms with Crippen molar-refractivity contribution in [1.29, 1.82) is 0 Å². The van der Waals surface area contributed by atoms with E-state index in [1.54, 1.807) is 0 Å². The first kappa shape index (κ1) is 12.2. The molecule has 0 aliphatic rings. The van der Waals surface area contributed by atoms with Gasteiger partial charge < -0.3 is 9.55 Å². The van der Waals surface area contributed by atoms with Crippen molar-refractivity contribution in [3.8, 4) is 0 Å². The zero-order valence-electron chi connectivity index (χ0n) is 10.8. The molecule has 0 spiro atoms. The maximum atomic E-state index is 5.41. The molecule has 0 radical (unpaired) electrons. The van der Waals surface area contributed by atoms with Crippen LogP contribution in [-0.2, 0) is 13.1 Å². The van der Waals surface area contributed by atoms with Crippen molar-refractivity contribution in [2.24, 2.45) is 0 Å². The Morgan fingerprint density at radius 1 is 1.26 bits per heavy atom. The number of H-pyrrole nitrogens is 1. The summed E-state index contributed by atoms with van der Waals surface area (Å²) in [6, 6.07) is 8.19. The molecule has 1 aromatic carbocycles. The van der Waals surface area contributed by atoms with Gasteiger partial charge in [0.05, 0.1) is 11.0 Å². The smallest absolute Gasteiger partial charge is 0.178 e. The van der Waals surface area contributed by atoms with E-state index in [9.17, 15) is 0 Å². The van der Waals surface area contributed by atoms with Crippen LogP contribution in [-0.4, -0.2) is 19.3 Å². The van der Waals surface area contributed by atoms with E-state index in [0.717, 1.165) is 29.8 Å². The van der Waals surface area contributed by atoms with Gasteiger partial charge in [-0.15, -0.1) is 0 Å². The van der Waals surface area contributed by atoms with Gasteiger partial charge in [-0.3, -0.25) is 4.68 Å². The van der Waals surface area contributed by atoms with Crippen LogP contribution in [0.4, 0.5) is 0 Å². The lowest BCUT2D eigenvalue weighted by Gasteiger charge is -2.06. The van der Waals surface area contributed by atoms with E-state index in [0.29, 0.717) is 0 Å². The SMILES string of the molecule is Cc1cccc2[nH]c(=S)n(CCCn3cccn3)c12. The number of fused-ring (bicyclic) bond motifs is 1. The highest BCUT2D eigenvalue weighted by molar-refractivity contribution is 7.71. The van der Waals surface area contributed by atoms with Gasteiger partial charge in [-0.2, -0.15) is 5.10 Å². The topological polar surface area (TPSA) is 38.5 Å². The third-order valence-corrected chi connectivity index (χ3v) is 3.65. The molecule has 19 heavy (non-hydrogen) atoms. The number of benzene rings is 1. The molecule has 3 rings (SSSR count). The lowest BCUT2D eigenvalue weighted by atomic mass is 10.2. The summed E-state index contributed by atoms with van der Waals surface area (Å²) in [5.41, 5.74) is 3.58. The number of aryl methyl sites for hydroxylation is 3. The van der Waals surface area contributed by atoms with Crippen molar-refractivity contribution in [2.75, 3.05) is 0 Å². The van der Waals surface area contributed by atoms with Crippen molar-refractivity contribution in [1.82, 2.24) is 19.3 Å². The van der Waals surface area contributed by atoms with Crippen LogP contribution in [0.3, 0.4) is 0 Å². The second-order valence-electron chi connectivity index (χ2n) is 4.68. The predicted octanol–water partition coefficient (Wildman–Crippen LogP) is 3.29. The number of rotatable bonds is 4. The molecule has 0 saturated carbocycles. The molecule has 0 aliphatic carbocycles. The Balaban J connectivity index is 1.84. The van der Waals surface area contributed by atoms with Crippen LogP contribution in [0, 0.1) is 11.7 Å². The zero-order chi connectivity index (χ0) is 13.2. The lowest BCUT2D eigenvalue weighted by molar-refractivity contribution is 0.530. The van der Waals surface area contributed by atoms with Crippen molar-refractivity contribution < 1.29 is 0 Å². The number of imidazole rings is 1. The van der Waals surface area contributed by atoms with Gasteiger partial charge in [0.15, 0.2) is 4.77 Å². The molecule has 0 unspecified atom stereocenters. The minimum absolute atomic E-state index is 0.796. The van der Waals surface area contributed by atoms with Crippen LogP contribution in [0.5, 0.6) is 0 Å². The predicted molar refractivity (Wildman–Crippen MR) is 78.7 cm³/mol. The molecule has 1 N–H and O–H groups in total. The van der Waals surface area contributed by atoms with Crippen molar-refractivity contribution in [3.63, 3.8) is 0 Å². The van der Waals surface area contributed by atoms with E-state index in [-0.39, 0.29) is 0 Å². The molecule has 0 amide bonds. The Kier molecular flexibility index (Phi) is 3.21. The molecule has 2 aromatic heterocycles. The molecule has 0 fully saturated rings. The highest BCUT2D eigenvalue weighted by atomic mass is 32.1. The largest absolute Gasteiger partial charge is 0.331 e. The molecule has 0 aliphatic heterocycles. The summed E-state index contributed by atoms with van der Waals surface area (Å²) in [5, 5.41) is 4.21. The standard InChI is InChI=1S/C14H16N4S/c1-11-5-2-6-12-13(11)18(14(19)16-12)10-4-9-17-8-3-7-15-17/h2-3,5-8H,4,9-10H2,1H3,(H,16,19). The van der Waals surface area contributed by atoms with Gasteiger partial charge in [-0.25, -0.2) is 0 Å². The first-order valence-corrected chi connectivity index (χ1v) is 6.82. The van der Waals surface area contributed by atoms with E-state index in [4.69, 9.17) is 12.2 Å². The molecule has 0 saturated heterocycles. The molecule has 4 nitrogen and oxygen atoms in total. The van der Waals surface area contributed by atoms with Crippen molar-refractivity contribution >= 4 is 23.3 Å². The van der Waals surface area contributed by atoms with Crippen LogP contribution in [0.25, 0.3) is 11.0 Å². The quantitative estimate of drug-likeness (QED) is 0.740. The molecule has 2 heterocycles. The zero-order valence-corrected chi connectivity index (χ0v) is 11.7. The van der Waals surface area contributed by atoms with Crippen LogP contribution in [0.15, 0.2) is 36.7 Å². The fraction of sp³-hybridized carbons (Fsp3) is 0.286. The van der Waals surface area contributed by atoms with Crippen LogP contribution in [0.2, 0.25) is 0 Å². The number of nitrogens with zero attached hydrogens (tertiary/aromatic N) is 3. The van der Waals surface area contributed by atoms with E-state index in [1.807, 2.05) is 23.1 Å². The summed E-state index contributed by atoms with van der Waals surface area (Å²) < 4.78 is 4.93. The maximum Gasteiger partial charge on any atom is 0.178 e. The fourth-order valence-electron chi connectivity index (χ4n) is 2.44. The number of hydrogen-bond donors (Lipinski definition) is 1. The number of hydrogen-bond acceptors (Lipinski definition) is 2. The van der Waals surface area contributed by atoms with Crippen molar-refractivity contribution in [2.45, 2.75) is 26.4 Å². The maximum absolute atomic E-state index is 5.41. The average molecular weight is 272 g/mol. The summed E-state index contributed by atoms with van der Waals surface area (Å²) in [7, 11) is 0. The summed E-state index contributed by atoms with van der Waals surface area (Å²) in [5.74, 6) is 0. The van der Waals surface area contributed by atoms with Gasteiger partial charge >= 0.3 is 0 Å². The highest BCUT2D eigenvalue weighted by Gasteiger charge is 2.06. The van der Waals surface area contributed by atoms with Gasteiger partial charge in [-0.1, -0.05) is 12.1 Å². The van der Waals surface area contributed by atoms with E-state index in [1.165, 1.54) is 11.1 Å². The number of nitrogens with one attached hydrogen (secondary N) is 1. The molecule has 98 valence electrons. The number of aromatic amines is 1. The second-order valence-corrected chi connectivity index (χ2v) is 5.06. The Morgan fingerprint density at radius 3 is 2.95 bits per heavy atom. The minimum Gasteiger partial charge on any atom is -0.331 e. The van der Waals surface area contributed by atoms with Gasteiger partial charge in [0.2, 0.25) is 0 Å². The Morgan fingerprint density at radius 2 is 2.16 bits per heavy atom. The van der Waals surface area contributed by atoms with E-state index < -0.39 is 0 Å². The molecule has 3 aromatic rings. The molecule has 0 atom stereocenters. The number of para-hydroxylation sites is 1. The Labute approximate surface area is 116 Å². The molecule has 5 heteroatoms. The fourth-order valence-corrected chi connectivity index (χ4v) is 2.73. The summed E-state index contributed by atoms with van der Waals surface area (Å²) in [6.45, 7) is 3.94. The van der Waals surface area contributed by atoms with Crippen LogP contribution >= 0.6 is 12.2 Å². The highest BCUT2D eigenvalue weighted by Crippen LogP contribution is 2.18. The first-order valence-electron chi connectivity index (χ1n) is 6.41. The van der Waals surface area contributed by atoms with Crippen LogP contribution in [0.1, 0.15) is 12.0 Å². The lowest BCUT2D eigenvalue weighted by Crippen LogP contribution is -2.05. The molecular weight excluding hydrogens is 256 g/mol. The first-order chi connectivity index (χ1) is 9.25. The van der Waals surface area contributed by atoms with Gasteiger partial charge in [0.1, 0.15) is 0 Å². The van der Waals surface area contributed by atoms with Gasteiger partial charge in [0.25, 0.3) is 0 Å². The van der Waals surface area contributed by atoms with Crippen molar-refractivity contribution in [3.05, 3.63) is 47.0 Å². The van der Waals surface area contributed by atoms with Gasteiger partial charge in [-0.05, 0) is 43.3 Å². The summed E-state index contributed by atoms with van der Waals surface area (Å²) in [4.78, 5) is 3.27. The second kappa shape index (κ2) is 5.01. The summed E-state index contributed by atoms with van der Waals surface area (Å²) in [6.07, 6.45) is 4.80. The average Bonchev–Trinajstić information content (AvgIpc) is 2.99. The van der Waals surface area contributed by atoms with Gasteiger partial charge in [0, 0.05) is 25.5 Å². The Bertz CT molecular complexity index is 736. The normalized spacial score (nSPS) is 11.2. The third-order valence-electron chi connectivity index (χ3n) is 3.32. The molecule has 0 bridgehead atoms. The van der Waals surface area contributed by atoms with E-state index in [2.05, 4.69) is 39.8 Å².